The Hall–Kier alpha value is -0.740. The predicted molar refractivity (Wildman–Crippen MR) is 64.6 cm³/mol. The van der Waals surface area contributed by atoms with E-state index in [9.17, 15) is 0 Å². The van der Waals surface area contributed by atoms with E-state index >= 15 is 0 Å². The van der Waals surface area contributed by atoms with Crippen molar-refractivity contribution in [2.45, 2.75) is 19.9 Å². The highest BCUT2D eigenvalue weighted by atomic mass is 79.9. The molecule has 1 rings (SSSR count). The highest BCUT2D eigenvalue weighted by Crippen LogP contribution is 2.41. The molecule has 15 heavy (non-hydrogen) atoms. The van der Waals surface area contributed by atoms with Gasteiger partial charge in [0.05, 0.1) is 14.2 Å². The van der Waals surface area contributed by atoms with E-state index in [-0.39, 0.29) is 6.04 Å². The molecular weight excluding hydrogens is 258 g/mol. The molecule has 1 atom stereocenters. The minimum Gasteiger partial charge on any atom is -0.495 e. The summed E-state index contributed by atoms with van der Waals surface area (Å²) in [6, 6.07) is 1.92. The monoisotopic (exact) mass is 273 g/mol. The Kier molecular flexibility index (Phi) is 3.99. The Morgan fingerprint density at radius 3 is 2.20 bits per heavy atom. The second kappa shape index (κ2) is 4.86. The summed E-state index contributed by atoms with van der Waals surface area (Å²) in [6.45, 7) is 3.91. The van der Waals surface area contributed by atoms with Gasteiger partial charge in [-0.1, -0.05) is 0 Å². The smallest absolute Gasteiger partial charge is 0.141 e. The fraction of sp³-hybridized carbons (Fsp3) is 0.455. The zero-order chi connectivity index (χ0) is 11.6. The largest absolute Gasteiger partial charge is 0.495 e. The highest BCUT2D eigenvalue weighted by Gasteiger charge is 2.17. The summed E-state index contributed by atoms with van der Waals surface area (Å²) in [6.07, 6.45) is 0. The third-order valence-electron chi connectivity index (χ3n) is 2.29. The van der Waals surface area contributed by atoms with E-state index in [1.165, 1.54) is 0 Å². The normalized spacial score (nSPS) is 12.4. The summed E-state index contributed by atoms with van der Waals surface area (Å²) in [5, 5.41) is 0. The minimum absolute atomic E-state index is 0.0687. The maximum atomic E-state index is 5.88. The molecule has 0 bridgehead atoms. The third kappa shape index (κ3) is 2.26. The van der Waals surface area contributed by atoms with Gasteiger partial charge in [-0.25, -0.2) is 0 Å². The molecule has 1 unspecified atom stereocenters. The van der Waals surface area contributed by atoms with Gasteiger partial charge in [0.2, 0.25) is 0 Å². The second-order valence-corrected chi connectivity index (χ2v) is 4.24. The average Bonchev–Trinajstić information content (AvgIpc) is 2.17. The van der Waals surface area contributed by atoms with E-state index in [4.69, 9.17) is 15.2 Å². The summed E-state index contributed by atoms with van der Waals surface area (Å²) in [7, 11) is 3.26. The van der Waals surface area contributed by atoms with Crippen molar-refractivity contribution in [3.63, 3.8) is 0 Å². The van der Waals surface area contributed by atoms with Crippen molar-refractivity contribution in [2.75, 3.05) is 14.2 Å². The van der Waals surface area contributed by atoms with E-state index < -0.39 is 0 Å². The lowest BCUT2D eigenvalue weighted by Crippen LogP contribution is -2.08. The minimum atomic E-state index is -0.0687. The lowest BCUT2D eigenvalue weighted by molar-refractivity contribution is 0.382. The summed E-state index contributed by atoms with van der Waals surface area (Å²) in [5.74, 6) is 1.53. The molecule has 0 amide bonds. The van der Waals surface area contributed by atoms with Crippen LogP contribution in [0.3, 0.4) is 0 Å². The summed E-state index contributed by atoms with van der Waals surface area (Å²) < 4.78 is 11.4. The van der Waals surface area contributed by atoms with Gasteiger partial charge in [0, 0.05) is 11.6 Å². The second-order valence-electron chi connectivity index (χ2n) is 3.45. The van der Waals surface area contributed by atoms with Gasteiger partial charge in [-0.05, 0) is 41.4 Å². The Balaban J connectivity index is 3.44. The van der Waals surface area contributed by atoms with E-state index in [0.29, 0.717) is 0 Å². The zero-order valence-corrected chi connectivity index (χ0v) is 11.0. The molecule has 84 valence electrons. The van der Waals surface area contributed by atoms with Crippen molar-refractivity contribution >= 4 is 15.9 Å². The fourth-order valence-corrected chi connectivity index (χ4v) is 2.43. The van der Waals surface area contributed by atoms with Crippen LogP contribution in [0.25, 0.3) is 0 Å². The standard InChI is InChI=1S/C11H16BrNO2/c1-6-5-8(7(2)13)11(15-4)9(12)10(6)14-3/h5,7H,13H2,1-4H3. The number of methoxy groups -OCH3 is 2. The number of hydrogen-bond donors (Lipinski definition) is 1. The fourth-order valence-electron chi connectivity index (χ4n) is 1.56. The summed E-state index contributed by atoms with van der Waals surface area (Å²) in [4.78, 5) is 0. The van der Waals surface area contributed by atoms with Crippen molar-refractivity contribution in [2.24, 2.45) is 5.73 Å². The topological polar surface area (TPSA) is 44.5 Å². The van der Waals surface area contributed by atoms with Crippen LogP contribution in [0, 0.1) is 6.92 Å². The predicted octanol–water partition coefficient (Wildman–Crippen LogP) is 2.79. The van der Waals surface area contributed by atoms with Gasteiger partial charge in [0.25, 0.3) is 0 Å². The number of hydrogen-bond acceptors (Lipinski definition) is 3. The van der Waals surface area contributed by atoms with Crippen LogP contribution < -0.4 is 15.2 Å². The Morgan fingerprint density at radius 2 is 1.80 bits per heavy atom. The van der Waals surface area contributed by atoms with E-state index in [2.05, 4.69) is 15.9 Å². The van der Waals surface area contributed by atoms with Gasteiger partial charge in [0.15, 0.2) is 0 Å². The molecular formula is C11H16BrNO2. The molecule has 0 aromatic heterocycles. The lowest BCUT2D eigenvalue weighted by atomic mass is 10.0. The van der Waals surface area contributed by atoms with Crippen LogP contribution in [0.1, 0.15) is 24.1 Å². The molecule has 0 spiro atoms. The van der Waals surface area contributed by atoms with Crippen molar-refractivity contribution in [1.29, 1.82) is 0 Å². The van der Waals surface area contributed by atoms with Gasteiger partial charge >= 0.3 is 0 Å². The number of aryl methyl sites for hydroxylation is 1. The van der Waals surface area contributed by atoms with Crippen molar-refractivity contribution < 1.29 is 9.47 Å². The van der Waals surface area contributed by atoms with Gasteiger partial charge in [0.1, 0.15) is 16.0 Å². The lowest BCUT2D eigenvalue weighted by Gasteiger charge is -2.17. The number of benzene rings is 1. The quantitative estimate of drug-likeness (QED) is 0.921. The number of halogens is 1. The van der Waals surface area contributed by atoms with Crippen LogP contribution in [0.2, 0.25) is 0 Å². The molecule has 0 aliphatic rings. The molecule has 0 fully saturated rings. The van der Waals surface area contributed by atoms with E-state index in [1.807, 2.05) is 19.9 Å². The molecule has 4 heteroatoms. The Morgan fingerprint density at radius 1 is 1.27 bits per heavy atom. The van der Waals surface area contributed by atoms with Crippen LogP contribution >= 0.6 is 15.9 Å². The molecule has 2 N–H and O–H groups in total. The van der Waals surface area contributed by atoms with Gasteiger partial charge in [-0.15, -0.1) is 0 Å². The number of nitrogens with two attached hydrogens (primary N) is 1. The van der Waals surface area contributed by atoms with Crippen LogP contribution in [0.15, 0.2) is 10.5 Å². The van der Waals surface area contributed by atoms with Crippen LogP contribution in [0.4, 0.5) is 0 Å². The first kappa shape index (κ1) is 12.3. The van der Waals surface area contributed by atoms with Crippen LogP contribution in [0.5, 0.6) is 11.5 Å². The van der Waals surface area contributed by atoms with Gasteiger partial charge < -0.3 is 15.2 Å². The van der Waals surface area contributed by atoms with E-state index in [1.54, 1.807) is 14.2 Å². The molecule has 0 aliphatic heterocycles. The van der Waals surface area contributed by atoms with Crippen LogP contribution in [-0.2, 0) is 0 Å². The molecule has 1 aromatic carbocycles. The molecule has 0 aliphatic carbocycles. The summed E-state index contributed by atoms with van der Waals surface area (Å²) in [5.41, 5.74) is 7.89. The molecule has 0 radical (unpaired) electrons. The van der Waals surface area contributed by atoms with Crippen molar-refractivity contribution in [1.82, 2.24) is 0 Å². The third-order valence-corrected chi connectivity index (χ3v) is 3.01. The molecule has 0 saturated carbocycles. The SMILES string of the molecule is COc1c(C)cc(C(C)N)c(OC)c1Br. The van der Waals surface area contributed by atoms with Crippen molar-refractivity contribution in [3.05, 3.63) is 21.7 Å². The van der Waals surface area contributed by atoms with Crippen LogP contribution in [-0.4, -0.2) is 14.2 Å². The maximum absolute atomic E-state index is 5.88. The first-order valence-electron chi connectivity index (χ1n) is 4.69. The average molecular weight is 274 g/mol. The Labute approximate surface area is 98.7 Å². The molecule has 1 aromatic rings. The Bertz CT molecular complexity index is 364. The first-order chi connectivity index (χ1) is 7.02. The molecule has 0 heterocycles. The zero-order valence-electron chi connectivity index (χ0n) is 9.43. The van der Waals surface area contributed by atoms with Gasteiger partial charge in [-0.2, -0.15) is 0 Å². The molecule has 3 nitrogen and oxygen atoms in total. The summed E-state index contributed by atoms with van der Waals surface area (Å²) >= 11 is 3.47. The maximum Gasteiger partial charge on any atom is 0.141 e. The van der Waals surface area contributed by atoms with Crippen molar-refractivity contribution in [3.8, 4) is 11.5 Å². The number of rotatable bonds is 3. The molecule has 0 saturated heterocycles. The number of ether oxygens (including phenoxy) is 2. The highest BCUT2D eigenvalue weighted by molar-refractivity contribution is 9.10. The van der Waals surface area contributed by atoms with E-state index in [0.717, 1.165) is 27.1 Å². The first-order valence-corrected chi connectivity index (χ1v) is 5.48. The van der Waals surface area contributed by atoms with Gasteiger partial charge in [-0.3, -0.25) is 0 Å².